The van der Waals surface area contributed by atoms with Crippen molar-refractivity contribution in [2.24, 2.45) is 0 Å². The number of carbonyl (C=O) groups is 1. The number of rotatable bonds is 3. The molecule has 3 N–H and O–H groups in total. The van der Waals surface area contributed by atoms with Gasteiger partial charge in [-0.3, -0.25) is 4.79 Å². The van der Waals surface area contributed by atoms with E-state index in [1.807, 2.05) is 12.1 Å². The number of pyridine rings is 1. The van der Waals surface area contributed by atoms with Gasteiger partial charge < -0.3 is 11.1 Å². The molecule has 0 radical (unpaired) electrons. The normalized spacial score (nSPS) is 10.1. The van der Waals surface area contributed by atoms with Crippen LogP contribution in [0.3, 0.4) is 0 Å². The first-order valence-electron chi connectivity index (χ1n) is 5.40. The topological polar surface area (TPSA) is 68.0 Å². The Bertz CT molecular complexity index is 572. The molecule has 0 unspecified atom stereocenters. The predicted molar refractivity (Wildman–Crippen MR) is 71.3 cm³/mol. The third kappa shape index (κ3) is 3.21. The van der Waals surface area contributed by atoms with Crippen LogP contribution >= 0.6 is 11.6 Å². The Hall–Kier alpha value is -2.07. The summed E-state index contributed by atoms with van der Waals surface area (Å²) in [7, 11) is 0. The van der Waals surface area contributed by atoms with E-state index in [0.717, 1.165) is 5.56 Å². The van der Waals surface area contributed by atoms with Gasteiger partial charge in [-0.25, -0.2) is 4.98 Å². The lowest BCUT2D eigenvalue weighted by molar-refractivity contribution is 0.0946. The lowest BCUT2D eigenvalue weighted by atomic mass is 10.2. The van der Waals surface area contributed by atoms with Crippen LogP contribution in [-0.2, 0) is 6.54 Å². The maximum Gasteiger partial charge on any atom is 0.270 e. The molecule has 1 aromatic carbocycles. The van der Waals surface area contributed by atoms with E-state index < -0.39 is 0 Å². The van der Waals surface area contributed by atoms with Gasteiger partial charge in [0.05, 0.1) is 0 Å². The Morgan fingerprint density at radius 2 is 2.06 bits per heavy atom. The van der Waals surface area contributed by atoms with Crippen LogP contribution in [0, 0.1) is 0 Å². The molecular weight excluding hydrogens is 250 g/mol. The average molecular weight is 262 g/mol. The number of nitrogens with zero attached hydrogens (tertiary/aromatic N) is 1. The number of nitrogen functional groups attached to an aromatic ring is 1. The van der Waals surface area contributed by atoms with E-state index in [1.54, 1.807) is 30.3 Å². The number of nitrogens with one attached hydrogen (secondary N) is 1. The fourth-order valence-corrected chi connectivity index (χ4v) is 1.71. The first-order chi connectivity index (χ1) is 8.65. The minimum atomic E-state index is -0.262. The molecule has 0 aliphatic carbocycles. The van der Waals surface area contributed by atoms with Crippen molar-refractivity contribution in [3.8, 4) is 0 Å². The zero-order valence-electron chi connectivity index (χ0n) is 9.56. The third-order valence-electron chi connectivity index (χ3n) is 2.35. The summed E-state index contributed by atoms with van der Waals surface area (Å²) in [6.45, 7) is 0.399. The van der Waals surface area contributed by atoms with Crippen molar-refractivity contribution in [1.82, 2.24) is 10.3 Å². The van der Waals surface area contributed by atoms with Gasteiger partial charge in [-0.2, -0.15) is 0 Å². The Morgan fingerprint density at radius 3 is 2.78 bits per heavy atom. The van der Waals surface area contributed by atoms with Gasteiger partial charge >= 0.3 is 0 Å². The van der Waals surface area contributed by atoms with Gasteiger partial charge in [-0.05, 0) is 29.8 Å². The quantitative estimate of drug-likeness (QED) is 0.890. The summed E-state index contributed by atoms with van der Waals surface area (Å²) in [5, 5.41) is 3.40. The summed E-state index contributed by atoms with van der Waals surface area (Å²) >= 11 is 5.86. The molecule has 1 aromatic heterocycles. The first kappa shape index (κ1) is 12.4. The highest BCUT2D eigenvalue weighted by Crippen LogP contribution is 2.10. The number of nitrogens with two attached hydrogens (primary N) is 1. The molecule has 2 aromatic rings. The van der Waals surface area contributed by atoms with Gasteiger partial charge in [-0.1, -0.05) is 29.8 Å². The SMILES string of the molecule is Nc1cccc(C(=O)NCc2cccc(Cl)c2)n1. The van der Waals surface area contributed by atoms with Crippen molar-refractivity contribution in [3.05, 3.63) is 58.7 Å². The largest absolute Gasteiger partial charge is 0.384 e. The van der Waals surface area contributed by atoms with Crippen molar-refractivity contribution >= 4 is 23.3 Å². The highest BCUT2D eigenvalue weighted by molar-refractivity contribution is 6.30. The molecule has 0 saturated carbocycles. The van der Waals surface area contributed by atoms with E-state index in [4.69, 9.17) is 17.3 Å². The highest BCUT2D eigenvalue weighted by Gasteiger charge is 2.06. The number of hydrogen-bond acceptors (Lipinski definition) is 3. The second-order valence-electron chi connectivity index (χ2n) is 3.76. The Labute approximate surface area is 110 Å². The monoisotopic (exact) mass is 261 g/mol. The minimum Gasteiger partial charge on any atom is -0.384 e. The molecule has 0 spiro atoms. The molecule has 1 heterocycles. The lowest BCUT2D eigenvalue weighted by Gasteiger charge is -2.05. The molecule has 2 rings (SSSR count). The van der Waals surface area contributed by atoms with E-state index in [-0.39, 0.29) is 5.91 Å². The van der Waals surface area contributed by atoms with Crippen LogP contribution < -0.4 is 11.1 Å². The summed E-state index contributed by atoms with van der Waals surface area (Å²) in [6, 6.07) is 12.2. The van der Waals surface area contributed by atoms with E-state index in [2.05, 4.69) is 10.3 Å². The zero-order chi connectivity index (χ0) is 13.0. The van der Waals surface area contributed by atoms with Crippen LogP contribution in [-0.4, -0.2) is 10.9 Å². The fourth-order valence-electron chi connectivity index (χ4n) is 1.50. The fraction of sp³-hybridized carbons (Fsp3) is 0.0769. The van der Waals surface area contributed by atoms with Crippen LogP contribution in [0.5, 0.6) is 0 Å². The number of hydrogen-bond donors (Lipinski definition) is 2. The summed E-state index contributed by atoms with van der Waals surface area (Å²) in [5.74, 6) is 0.0627. The van der Waals surface area contributed by atoms with Gasteiger partial charge in [0.15, 0.2) is 0 Å². The number of carbonyl (C=O) groups excluding carboxylic acids is 1. The molecule has 92 valence electrons. The maximum absolute atomic E-state index is 11.8. The lowest BCUT2D eigenvalue weighted by Crippen LogP contribution is -2.23. The van der Waals surface area contributed by atoms with Crippen molar-refractivity contribution < 1.29 is 4.79 Å². The molecule has 0 fully saturated rings. The van der Waals surface area contributed by atoms with E-state index in [1.165, 1.54) is 0 Å². The molecular formula is C13H12ClN3O. The van der Waals surface area contributed by atoms with Gasteiger partial charge in [-0.15, -0.1) is 0 Å². The first-order valence-corrected chi connectivity index (χ1v) is 5.78. The average Bonchev–Trinajstić information content (AvgIpc) is 2.36. The molecule has 18 heavy (non-hydrogen) atoms. The van der Waals surface area contributed by atoms with E-state index >= 15 is 0 Å². The summed E-state index contributed by atoms with van der Waals surface area (Å²) in [4.78, 5) is 15.7. The molecule has 0 aliphatic rings. The van der Waals surface area contributed by atoms with Crippen molar-refractivity contribution in [3.63, 3.8) is 0 Å². The van der Waals surface area contributed by atoms with E-state index in [0.29, 0.717) is 23.1 Å². The Morgan fingerprint density at radius 1 is 1.28 bits per heavy atom. The second kappa shape index (κ2) is 5.51. The minimum absolute atomic E-state index is 0.262. The molecule has 0 aliphatic heterocycles. The number of amides is 1. The second-order valence-corrected chi connectivity index (χ2v) is 4.20. The Balaban J connectivity index is 2.00. The van der Waals surface area contributed by atoms with Crippen molar-refractivity contribution in [2.45, 2.75) is 6.54 Å². The maximum atomic E-state index is 11.8. The highest BCUT2D eigenvalue weighted by atomic mass is 35.5. The number of halogens is 1. The summed E-state index contributed by atoms with van der Waals surface area (Å²) in [6.07, 6.45) is 0. The van der Waals surface area contributed by atoms with Crippen molar-refractivity contribution in [1.29, 1.82) is 0 Å². The molecule has 0 atom stereocenters. The van der Waals surface area contributed by atoms with Gasteiger partial charge in [0.2, 0.25) is 0 Å². The zero-order valence-corrected chi connectivity index (χ0v) is 10.3. The smallest absolute Gasteiger partial charge is 0.270 e. The summed E-state index contributed by atoms with van der Waals surface area (Å²) < 4.78 is 0. The van der Waals surface area contributed by atoms with Crippen LogP contribution in [0.2, 0.25) is 5.02 Å². The molecule has 4 nitrogen and oxygen atoms in total. The number of anilines is 1. The molecule has 0 bridgehead atoms. The molecule has 1 amide bonds. The van der Waals surface area contributed by atoms with Crippen LogP contribution in [0.25, 0.3) is 0 Å². The molecule has 0 saturated heterocycles. The van der Waals surface area contributed by atoms with E-state index in [9.17, 15) is 4.79 Å². The number of benzene rings is 1. The number of aromatic nitrogens is 1. The van der Waals surface area contributed by atoms with Crippen LogP contribution in [0.15, 0.2) is 42.5 Å². The van der Waals surface area contributed by atoms with Gasteiger partial charge in [0.25, 0.3) is 5.91 Å². The standard InChI is InChI=1S/C13H12ClN3O/c14-10-4-1-3-9(7-10)8-16-13(18)11-5-2-6-12(15)17-11/h1-7H,8H2,(H2,15,17)(H,16,18). The Kier molecular flexibility index (Phi) is 3.79. The van der Waals surface area contributed by atoms with Crippen molar-refractivity contribution in [2.75, 3.05) is 5.73 Å². The van der Waals surface area contributed by atoms with Gasteiger partial charge in [0.1, 0.15) is 11.5 Å². The van der Waals surface area contributed by atoms with Gasteiger partial charge in [0, 0.05) is 11.6 Å². The predicted octanol–water partition coefficient (Wildman–Crippen LogP) is 2.25. The van der Waals surface area contributed by atoms with Crippen LogP contribution in [0.1, 0.15) is 16.1 Å². The molecule has 5 heteroatoms. The third-order valence-corrected chi connectivity index (χ3v) is 2.58. The van der Waals surface area contributed by atoms with Crippen LogP contribution in [0.4, 0.5) is 5.82 Å². The summed E-state index contributed by atoms with van der Waals surface area (Å²) in [5.41, 5.74) is 6.75.